The molecule has 0 radical (unpaired) electrons. The van der Waals surface area contributed by atoms with E-state index >= 15 is 0 Å². The highest BCUT2D eigenvalue weighted by atomic mass is 15.6. The summed E-state index contributed by atoms with van der Waals surface area (Å²) in [5.41, 5.74) is 9.12. The molecular formula is C8H21N3. The minimum absolute atomic E-state index is 1.04. The maximum atomic E-state index is 3.08. The highest BCUT2D eigenvalue weighted by Crippen LogP contribution is 1.81. The van der Waals surface area contributed by atoms with Crippen molar-refractivity contribution in [2.24, 2.45) is 0 Å². The van der Waals surface area contributed by atoms with Crippen molar-refractivity contribution in [3.05, 3.63) is 0 Å². The molecule has 0 aliphatic heterocycles. The minimum atomic E-state index is 1.04. The van der Waals surface area contributed by atoms with Gasteiger partial charge in [0.05, 0.1) is 0 Å². The molecule has 3 nitrogen and oxygen atoms in total. The summed E-state index contributed by atoms with van der Waals surface area (Å²) in [6.07, 6.45) is 4.93. The van der Waals surface area contributed by atoms with Gasteiger partial charge in [-0.05, 0) is 12.8 Å². The predicted molar refractivity (Wildman–Crippen MR) is 49.0 cm³/mol. The summed E-state index contributed by atoms with van der Waals surface area (Å²) >= 11 is 0. The Hall–Kier alpha value is -0.120. The van der Waals surface area contributed by atoms with E-state index in [1.807, 2.05) is 0 Å². The molecule has 11 heavy (non-hydrogen) atoms. The zero-order valence-electron chi connectivity index (χ0n) is 7.74. The molecule has 3 N–H and O–H groups in total. The molecule has 0 aromatic rings. The van der Waals surface area contributed by atoms with Crippen LogP contribution in [0.5, 0.6) is 0 Å². The van der Waals surface area contributed by atoms with Crippen molar-refractivity contribution < 1.29 is 0 Å². The molecule has 0 saturated heterocycles. The molecule has 0 heterocycles. The van der Waals surface area contributed by atoms with E-state index in [0.717, 1.165) is 13.1 Å². The van der Waals surface area contributed by atoms with Gasteiger partial charge < -0.3 is 0 Å². The molecule has 0 saturated carbocycles. The third-order valence-corrected chi connectivity index (χ3v) is 1.49. The lowest BCUT2D eigenvalue weighted by molar-refractivity contribution is 0.423. The second-order valence-corrected chi connectivity index (χ2v) is 2.69. The van der Waals surface area contributed by atoms with Gasteiger partial charge >= 0.3 is 0 Å². The van der Waals surface area contributed by atoms with Crippen LogP contribution in [0.3, 0.4) is 0 Å². The molecule has 0 aliphatic carbocycles. The Morgan fingerprint density at radius 2 is 1.27 bits per heavy atom. The number of hydrazine groups is 2. The van der Waals surface area contributed by atoms with Gasteiger partial charge in [0.15, 0.2) is 0 Å². The molecule has 68 valence electrons. The van der Waals surface area contributed by atoms with Crippen LogP contribution in [-0.4, -0.2) is 13.1 Å². The fourth-order valence-corrected chi connectivity index (χ4v) is 0.718. The quantitative estimate of drug-likeness (QED) is 0.368. The third-order valence-electron chi connectivity index (χ3n) is 1.49. The van der Waals surface area contributed by atoms with Crippen LogP contribution < -0.4 is 16.4 Å². The Kier molecular flexibility index (Phi) is 9.77. The number of nitrogens with one attached hydrogen (secondary N) is 3. The van der Waals surface area contributed by atoms with Crippen LogP contribution in [-0.2, 0) is 0 Å². The molecule has 0 atom stereocenters. The van der Waals surface area contributed by atoms with Crippen LogP contribution in [0.2, 0.25) is 0 Å². The van der Waals surface area contributed by atoms with Gasteiger partial charge in [-0.1, -0.05) is 26.7 Å². The predicted octanol–water partition coefficient (Wildman–Crippen LogP) is 1.19. The Morgan fingerprint density at radius 3 is 1.64 bits per heavy atom. The first-order valence-electron chi connectivity index (χ1n) is 4.62. The fourth-order valence-electron chi connectivity index (χ4n) is 0.718. The van der Waals surface area contributed by atoms with E-state index in [9.17, 15) is 0 Å². The van der Waals surface area contributed by atoms with E-state index in [4.69, 9.17) is 0 Å². The van der Waals surface area contributed by atoms with Gasteiger partial charge in [0.25, 0.3) is 0 Å². The van der Waals surface area contributed by atoms with Crippen LogP contribution in [0.4, 0.5) is 0 Å². The molecule has 0 amide bonds. The molecule has 0 aliphatic rings. The fraction of sp³-hybridized carbons (Fsp3) is 1.00. The maximum Gasteiger partial charge on any atom is 0.0113 e. The van der Waals surface area contributed by atoms with Crippen molar-refractivity contribution in [3.63, 3.8) is 0 Å². The monoisotopic (exact) mass is 159 g/mol. The van der Waals surface area contributed by atoms with Gasteiger partial charge in [0.2, 0.25) is 0 Å². The van der Waals surface area contributed by atoms with Gasteiger partial charge in [0.1, 0.15) is 0 Å². The lowest BCUT2D eigenvalue weighted by atomic mass is 10.3. The molecule has 3 heteroatoms. The molecule has 0 aromatic heterocycles. The normalized spacial score (nSPS) is 10.4. The van der Waals surface area contributed by atoms with Gasteiger partial charge in [-0.15, -0.1) is 0 Å². The van der Waals surface area contributed by atoms with Gasteiger partial charge in [-0.2, -0.15) is 5.53 Å². The number of hydrogen-bond acceptors (Lipinski definition) is 3. The van der Waals surface area contributed by atoms with Crippen LogP contribution in [0.25, 0.3) is 0 Å². The van der Waals surface area contributed by atoms with Crippen LogP contribution >= 0.6 is 0 Å². The molecule has 0 rings (SSSR count). The Morgan fingerprint density at radius 1 is 0.818 bits per heavy atom. The van der Waals surface area contributed by atoms with Crippen molar-refractivity contribution in [2.45, 2.75) is 39.5 Å². The van der Waals surface area contributed by atoms with Gasteiger partial charge in [0, 0.05) is 13.1 Å². The highest BCUT2D eigenvalue weighted by molar-refractivity contribution is 4.39. The zero-order valence-corrected chi connectivity index (χ0v) is 7.74. The van der Waals surface area contributed by atoms with Crippen molar-refractivity contribution in [1.29, 1.82) is 0 Å². The molecule has 0 unspecified atom stereocenters. The molecule has 0 bridgehead atoms. The van der Waals surface area contributed by atoms with E-state index in [0.29, 0.717) is 0 Å². The summed E-state index contributed by atoms with van der Waals surface area (Å²) in [6, 6.07) is 0. The van der Waals surface area contributed by atoms with E-state index in [2.05, 4.69) is 30.2 Å². The number of unbranched alkanes of at least 4 members (excludes halogenated alkanes) is 2. The summed E-state index contributed by atoms with van der Waals surface area (Å²) in [5, 5.41) is 0. The van der Waals surface area contributed by atoms with E-state index in [1.165, 1.54) is 25.7 Å². The second-order valence-electron chi connectivity index (χ2n) is 2.69. The maximum absolute atomic E-state index is 3.08. The number of hydrogen-bond donors (Lipinski definition) is 3. The van der Waals surface area contributed by atoms with E-state index < -0.39 is 0 Å². The molecule has 0 spiro atoms. The minimum Gasteiger partial charge on any atom is -0.244 e. The van der Waals surface area contributed by atoms with Crippen LogP contribution in [0.1, 0.15) is 39.5 Å². The Balaban J connectivity index is 2.69. The van der Waals surface area contributed by atoms with Crippen LogP contribution in [0, 0.1) is 0 Å². The second kappa shape index (κ2) is 9.88. The molecular weight excluding hydrogens is 138 g/mol. The lowest BCUT2D eigenvalue weighted by Crippen LogP contribution is -2.44. The van der Waals surface area contributed by atoms with Gasteiger partial charge in [-0.3, -0.25) is 0 Å². The standard InChI is InChI=1S/C8H21N3/c1-3-5-7-9-11-10-8-6-4-2/h9-11H,3-8H2,1-2H3. The molecule has 0 fully saturated rings. The van der Waals surface area contributed by atoms with Crippen LogP contribution in [0.15, 0.2) is 0 Å². The van der Waals surface area contributed by atoms with Crippen molar-refractivity contribution in [1.82, 2.24) is 16.4 Å². The van der Waals surface area contributed by atoms with E-state index in [-0.39, 0.29) is 0 Å². The first kappa shape index (κ1) is 10.9. The zero-order chi connectivity index (χ0) is 8.36. The first-order chi connectivity index (χ1) is 5.41. The lowest BCUT2D eigenvalue weighted by Gasteiger charge is -2.06. The van der Waals surface area contributed by atoms with E-state index in [1.54, 1.807) is 0 Å². The van der Waals surface area contributed by atoms with Crippen molar-refractivity contribution in [2.75, 3.05) is 13.1 Å². The average Bonchev–Trinajstić information content (AvgIpc) is 2.03. The summed E-state index contributed by atoms with van der Waals surface area (Å²) in [6.45, 7) is 6.45. The Bertz CT molecular complexity index is 58.4. The van der Waals surface area contributed by atoms with Crippen molar-refractivity contribution in [3.8, 4) is 0 Å². The highest BCUT2D eigenvalue weighted by Gasteiger charge is 1.83. The van der Waals surface area contributed by atoms with Gasteiger partial charge in [-0.25, -0.2) is 10.9 Å². The summed E-state index contributed by atoms with van der Waals surface area (Å²) in [4.78, 5) is 0. The average molecular weight is 159 g/mol. The smallest absolute Gasteiger partial charge is 0.0113 e. The summed E-state index contributed by atoms with van der Waals surface area (Å²) in [5.74, 6) is 0. The van der Waals surface area contributed by atoms with Crippen molar-refractivity contribution >= 4 is 0 Å². The first-order valence-corrected chi connectivity index (χ1v) is 4.62. The summed E-state index contributed by atoms with van der Waals surface area (Å²) in [7, 11) is 0. The topological polar surface area (TPSA) is 36.1 Å². The largest absolute Gasteiger partial charge is 0.244 e. The molecule has 0 aromatic carbocycles. The Labute approximate surface area is 69.9 Å². The summed E-state index contributed by atoms with van der Waals surface area (Å²) < 4.78 is 0. The number of rotatable bonds is 8. The third kappa shape index (κ3) is 9.88. The SMILES string of the molecule is CCCCNNNCCCC.